The van der Waals surface area contributed by atoms with Crippen molar-refractivity contribution in [2.24, 2.45) is 11.8 Å². The SMILES string of the molecule is CC1CCCC(CCNC(=O)c2ccc(Br)o2)C1. The van der Waals surface area contributed by atoms with Crippen molar-refractivity contribution in [2.75, 3.05) is 6.54 Å². The van der Waals surface area contributed by atoms with Gasteiger partial charge in [-0.1, -0.05) is 26.2 Å². The lowest BCUT2D eigenvalue weighted by molar-refractivity contribution is 0.0920. The zero-order valence-electron chi connectivity index (χ0n) is 10.7. The summed E-state index contributed by atoms with van der Waals surface area (Å²) in [7, 11) is 0. The average molecular weight is 314 g/mol. The Bertz CT molecular complexity index is 402. The van der Waals surface area contributed by atoms with E-state index in [9.17, 15) is 4.79 Å². The predicted molar refractivity (Wildman–Crippen MR) is 74.5 cm³/mol. The van der Waals surface area contributed by atoms with Crippen molar-refractivity contribution in [1.29, 1.82) is 0 Å². The van der Waals surface area contributed by atoms with Gasteiger partial charge in [0, 0.05) is 6.54 Å². The van der Waals surface area contributed by atoms with E-state index in [1.54, 1.807) is 12.1 Å². The largest absolute Gasteiger partial charge is 0.444 e. The number of hydrogen-bond acceptors (Lipinski definition) is 2. The molecular formula is C14H20BrNO2. The van der Waals surface area contributed by atoms with Crippen molar-refractivity contribution in [1.82, 2.24) is 5.32 Å². The Balaban J connectivity index is 1.70. The molecule has 1 fully saturated rings. The van der Waals surface area contributed by atoms with Gasteiger partial charge in [-0.05, 0) is 52.7 Å². The van der Waals surface area contributed by atoms with Gasteiger partial charge in [0.2, 0.25) is 0 Å². The van der Waals surface area contributed by atoms with Gasteiger partial charge in [0.05, 0.1) is 0 Å². The van der Waals surface area contributed by atoms with Gasteiger partial charge in [-0.2, -0.15) is 0 Å². The molecule has 18 heavy (non-hydrogen) atoms. The molecule has 1 aromatic heterocycles. The van der Waals surface area contributed by atoms with Gasteiger partial charge in [-0.15, -0.1) is 0 Å². The molecule has 1 saturated carbocycles. The molecule has 1 N–H and O–H groups in total. The summed E-state index contributed by atoms with van der Waals surface area (Å²) in [5, 5.41) is 2.92. The minimum atomic E-state index is -0.121. The van der Waals surface area contributed by atoms with E-state index in [4.69, 9.17) is 4.42 Å². The molecule has 1 aliphatic rings. The molecular weight excluding hydrogens is 294 g/mol. The van der Waals surface area contributed by atoms with E-state index in [1.165, 1.54) is 25.7 Å². The average Bonchev–Trinajstić information content (AvgIpc) is 2.76. The molecule has 3 nitrogen and oxygen atoms in total. The third-order valence-electron chi connectivity index (χ3n) is 3.68. The number of hydrogen-bond donors (Lipinski definition) is 1. The molecule has 2 rings (SSSR count). The first-order valence-electron chi connectivity index (χ1n) is 6.68. The summed E-state index contributed by atoms with van der Waals surface area (Å²) in [6.07, 6.45) is 6.40. The molecule has 0 bridgehead atoms. The molecule has 100 valence electrons. The van der Waals surface area contributed by atoms with Crippen LogP contribution in [0.3, 0.4) is 0 Å². The second-order valence-corrected chi connectivity index (χ2v) is 6.07. The van der Waals surface area contributed by atoms with E-state index in [-0.39, 0.29) is 5.91 Å². The summed E-state index contributed by atoms with van der Waals surface area (Å²) in [4.78, 5) is 11.7. The molecule has 1 heterocycles. The normalized spacial score (nSPS) is 23.9. The van der Waals surface area contributed by atoms with E-state index in [0.29, 0.717) is 10.4 Å². The Kier molecular flexibility index (Phi) is 4.87. The lowest BCUT2D eigenvalue weighted by Gasteiger charge is -2.26. The zero-order chi connectivity index (χ0) is 13.0. The van der Waals surface area contributed by atoms with E-state index in [0.717, 1.165) is 24.8 Å². The van der Waals surface area contributed by atoms with Crippen LogP contribution in [0.1, 0.15) is 49.6 Å². The van der Waals surface area contributed by atoms with Crippen LogP contribution >= 0.6 is 15.9 Å². The lowest BCUT2D eigenvalue weighted by atomic mass is 9.81. The monoisotopic (exact) mass is 313 g/mol. The highest BCUT2D eigenvalue weighted by molar-refractivity contribution is 9.10. The molecule has 1 amide bonds. The third-order valence-corrected chi connectivity index (χ3v) is 4.11. The van der Waals surface area contributed by atoms with Crippen LogP contribution in [0.15, 0.2) is 21.2 Å². The summed E-state index contributed by atoms with van der Waals surface area (Å²) in [5.74, 6) is 1.88. The fourth-order valence-electron chi connectivity index (χ4n) is 2.74. The van der Waals surface area contributed by atoms with E-state index < -0.39 is 0 Å². The first kappa shape index (κ1) is 13.7. The first-order valence-corrected chi connectivity index (χ1v) is 7.48. The maximum absolute atomic E-state index is 11.7. The Morgan fingerprint density at radius 3 is 3.00 bits per heavy atom. The number of rotatable bonds is 4. The van der Waals surface area contributed by atoms with Crippen LogP contribution in [0, 0.1) is 11.8 Å². The van der Waals surface area contributed by atoms with Gasteiger partial charge in [0.15, 0.2) is 10.4 Å². The maximum Gasteiger partial charge on any atom is 0.287 e. The van der Waals surface area contributed by atoms with E-state index >= 15 is 0 Å². The highest BCUT2D eigenvalue weighted by atomic mass is 79.9. The quantitative estimate of drug-likeness (QED) is 0.913. The van der Waals surface area contributed by atoms with Gasteiger partial charge in [0.25, 0.3) is 5.91 Å². The van der Waals surface area contributed by atoms with Crippen molar-refractivity contribution in [3.63, 3.8) is 0 Å². The molecule has 1 aromatic rings. The fourth-order valence-corrected chi connectivity index (χ4v) is 3.04. The van der Waals surface area contributed by atoms with Crippen molar-refractivity contribution < 1.29 is 9.21 Å². The van der Waals surface area contributed by atoms with Crippen molar-refractivity contribution >= 4 is 21.8 Å². The molecule has 0 aliphatic heterocycles. The third kappa shape index (κ3) is 3.87. The summed E-state index contributed by atoms with van der Waals surface area (Å²) in [6, 6.07) is 3.42. The van der Waals surface area contributed by atoms with E-state index in [1.807, 2.05) is 0 Å². The smallest absolute Gasteiger partial charge is 0.287 e. The van der Waals surface area contributed by atoms with Crippen LogP contribution in [0.25, 0.3) is 0 Å². The van der Waals surface area contributed by atoms with Crippen LogP contribution < -0.4 is 5.32 Å². The van der Waals surface area contributed by atoms with E-state index in [2.05, 4.69) is 28.2 Å². The topological polar surface area (TPSA) is 42.2 Å². The standard InChI is InChI=1S/C14H20BrNO2/c1-10-3-2-4-11(9-10)7-8-16-14(17)12-5-6-13(15)18-12/h5-6,10-11H,2-4,7-9H2,1H3,(H,16,17). The fraction of sp³-hybridized carbons (Fsp3) is 0.643. The highest BCUT2D eigenvalue weighted by Crippen LogP contribution is 2.30. The molecule has 0 saturated heterocycles. The summed E-state index contributed by atoms with van der Waals surface area (Å²) < 4.78 is 5.80. The Morgan fingerprint density at radius 2 is 2.33 bits per heavy atom. The second-order valence-electron chi connectivity index (χ2n) is 5.29. The number of furan rings is 1. The Hall–Kier alpha value is -0.770. The molecule has 0 spiro atoms. The molecule has 0 radical (unpaired) electrons. The van der Waals surface area contributed by atoms with Gasteiger partial charge >= 0.3 is 0 Å². The van der Waals surface area contributed by atoms with Crippen LogP contribution in [-0.4, -0.2) is 12.5 Å². The van der Waals surface area contributed by atoms with Crippen LogP contribution in [0.4, 0.5) is 0 Å². The van der Waals surface area contributed by atoms with Gasteiger partial charge in [0.1, 0.15) is 0 Å². The lowest BCUT2D eigenvalue weighted by Crippen LogP contribution is -2.26. The van der Waals surface area contributed by atoms with Crippen LogP contribution in [-0.2, 0) is 0 Å². The molecule has 0 aromatic carbocycles. The summed E-state index contributed by atoms with van der Waals surface area (Å²) in [5.41, 5.74) is 0. The molecule has 4 heteroatoms. The highest BCUT2D eigenvalue weighted by Gasteiger charge is 2.19. The van der Waals surface area contributed by atoms with Gasteiger partial charge in [-0.25, -0.2) is 0 Å². The number of amides is 1. The number of carbonyl (C=O) groups excluding carboxylic acids is 1. The summed E-state index contributed by atoms with van der Waals surface area (Å²) >= 11 is 3.19. The molecule has 2 atom stereocenters. The molecule has 2 unspecified atom stereocenters. The predicted octanol–water partition coefficient (Wildman–Crippen LogP) is 3.99. The Labute approximate surface area is 116 Å². The molecule has 1 aliphatic carbocycles. The zero-order valence-corrected chi connectivity index (χ0v) is 12.3. The van der Waals surface area contributed by atoms with Gasteiger partial charge in [-0.3, -0.25) is 4.79 Å². The maximum atomic E-state index is 11.7. The van der Waals surface area contributed by atoms with Crippen LogP contribution in [0.2, 0.25) is 0 Å². The number of carbonyl (C=O) groups is 1. The van der Waals surface area contributed by atoms with Crippen molar-refractivity contribution in [3.8, 4) is 0 Å². The van der Waals surface area contributed by atoms with Crippen LogP contribution in [0.5, 0.6) is 0 Å². The first-order chi connectivity index (χ1) is 8.65. The summed E-state index contributed by atoms with van der Waals surface area (Å²) in [6.45, 7) is 3.07. The second kappa shape index (κ2) is 6.41. The van der Waals surface area contributed by atoms with Gasteiger partial charge < -0.3 is 9.73 Å². The minimum absolute atomic E-state index is 0.121. The van der Waals surface area contributed by atoms with Crippen molar-refractivity contribution in [2.45, 2.75) is 39.0 Å². The number of nitrogens with one attached hydrogen (secondary N) is 1. The minimum Gasteiger partial charge on any atom is -0.444 e. The number of halogens is 1. The van der Waals surface area contributed by atoms with Crippen molar-refractivity contribution in [3.05, 3.63) is 22.6 Å². The Morgan fingerprint density at radius 1 is 1.50 bits per heavy atom.